The molecule has 17 heavy (non-hydrogen) atoms. The predicted molar refractivity (Wildman–Crippen MR) is 62.0 cm³/mol. The second kappa shape index (κ2) is 4.69. The Morgan fingerprint density at radius 2 is 2.00 bits per heavy atom. The van der Waals surface area contributed by atoms with E-state index in [-0.39, 0.29) is 0 Å². The minimum Gasteiger partial charge on any atom is -0.398 e. The van der Waals surface area contributed by atoms with Crippen LogP contribution in [0.3, 0.4) is 0 Å². The van der Waals surface area contributed by atoms with Crippen LogP contribution in [0.1, 0.15) is 17.2 Å². The minimum atomic E-state index is -0.745. The number of pyridine rings is 1. The lowest BCUT2D eigenvalue weighted by molar-refractivity contribution is 0.593. The Labute approximate surface area is 97.8 Å². The number of aromatic nitrogens is 1. The Morgan fingerprint density at radius 1 is 1.24 bits per heavy atom. The molecule has 0 aliphatic rings. The topological polar surface area (TPSA) is 75.1 Å². The first kappa shape index (κ1) is 11.2. The van der Waals surface area contributed by atoms with E-state index >= 15 is 0 Å². The van der Waals surface area contributed by atoms with E-state index in [1.807, 2.05) is 0 Å². The fourth-order valence-electron chi connectivity index (χ4n) is 1.65. The Balaban J connectivity index is 2.52. The van der Waals surface area contributed by atoms with E-state index in [0.717, 1.165) is 0 Å². The molecule has 3 N–H and O–H groups in total. The molecule has 0 bridgehead atoms. The number of nitrogens with two attached hydrogens (primary N) is 1. The van der Waals surface area contributed by atoms with Crippen molar-refractivity contribution in [2.24, 2.45) is 5.11 Å². The molecule has 1 aromatic heterocycles. The third-order valence-electron chi connectivity index (χ3n) is 2.51. The largest absolute Gasteiger partial charge is 0.398 e. The van der Waals surface area contributed by atoms with Gasteiger partial charge in [-0.1, -0.05) is 18.2 Å². The Hall–Kier alpha value is -2.30. The first-order chi connectivity index (χ1) is 8.24. The zero-order valence-electron chi connectivity index (χ0n) is 8.97. The molecule has 0 saturated carbocycles. The van der Waals surface area contributed by atoms with E-state index < -0.39 is 11.9 Å². The van der Waals surface area contributed by atoms with Gasteiger partial charge in [0, 0.05) is 29.2 Å². The Morgan fingerprint density at radius 3 is 2.65 bits per heavy atom. The van der Waals surface area contributed by atoms with Gasteiger partial charge in [0.1, 0.15) is 11.9 Å². The molecule has 0 aliphatic carbocycles. The lowest BCUT2D eigenvalue weighted by atomic mass is 9.99. The van der Waals surface area contributed by atoms with Crippen molar-refractivity contribution in [1.82, 2.24) is 4.98 Å². The average Bonchev–Trinajstić information content (AvgIpc) is 2.34. The molecule has 0 amide bonds. The van der Waals surface area contributed by atoms with Crippen LogP contribution in [0.5, 0.6) is 0 Å². The van der Waals surface area contributed by atoms with Crippen molar-refractivity contribution >= 4 is 5.69 Å². The molecule has 1 unspecified atom stereocenters. The number of rotatable bonds is 3. The molecule has 2 rings (SSSR count). The number of nitrogen functional groups attached to an aromatic ring is 1. The molecule has 0 spiro atoms. The van der Waals surface area contributed by atoms with Crippen molar-refractivity contribution < 1.29 is 4.39 Å². The van der Waals surface area contributed by atoms with Crippen LogP contribution in [0.2, 0.25) is 0 Å². The summed E-state index contributed by atoms with van der Waals surface area (Å²) < 4.78 is 13.6. The lowest BCUT2D eigenvalue weighted by Crippen LogP contribution is -2.04. The first-order valence-electron chi connectivity index (χ1n) is 5.04. The Kier molecular flexibility index (Phi) is 3.09. The monoisotopic (exact) mass is 230 g/mol. The maximum Gasteiger partial charge on any atom is 0.128 e. The van der Waals surface area contributed by atoms with E-state index in [2.05, 4.69) is 10.1 Å². The van der Waals surface area contributed by atoms with E-state index in [9.17, 15) is 4.39 Å². The van der Waals surface area contributed by atoms with Gasteiger partial charge in [0.2, 0.25) is 0 Å². The van der Waals surface area contributed by atoms with Crippen LogP contribution >= 0.6 is 0 Å². The highest BCUT2D eigenvalue weighted by atomic mass is 19.1. The molecule has 5 heteroatoms. The zero-order valence-corrected chi connectivity index (χ0v) is 8.97. The number of hydrogen-bond acceptors (Lipinski definition) is 4. The summed E-state index contributed by atoms with van der Waals surface area (Å²) in [6, 6.07) is 7.07. The van der Waals surface area contributed by atoms with Gasteiger partial charge in [-0.05, 0) is 12.1 Å². The number of hydrogen-bond donors (Lipinski definition) is 2. The number of anilines is 1. The maximum absolute atomic E-state index is 13.6. The predicted octanol–water partition coefficient (Wildman–Crippen LogP) is 2.92. The van der Waals surface area contributed by atoms with E-state index in [1.165, 1.54) is 12.3 Å². The van der Waals surface area contributed by atoms with Gasteiger partial charge in [-0.25, -0.2) is 9.92 Å². The van der Waals surface area contributed by atoms with E-state index in [1.54, 1.807) is 30.5 Å². The molecule has 86 valence electrons. The van der Waals surface area contributed by atoms with Gasteiger partial charge in [0.25, 0.3) is 0 Å². The van der Waals surface area contributed by atoms with Crippen LogP contribution < -0.4 is 5.73 Å². The van der Waals surface area contributed by atoms with Gasteiger partial charge >= 0.3 is 0 Å². The van der Waals surface area contributed by atoms with E-state index in [4.69, 9.17) is 11.3 Å². The van der Waals surface area contributed by atoms with Crippen molar-refractivity contribution in [3.8, 4) is 0 Å². The smallest absolute Gasteiger partial charge is 0.128 e. The molecule has 1 aromatic carbocycles. The van der Waals surface area contributed by atoms with Crippen LogP contribution in [-0.2, 0) is 0 Å². The number of benzene rings is 1. The summed E-state index contributed by atoms with van der Waals surface area (Å²) in [6.07, 6.45) is 3.05. The summed E-state index contributed by atoms with van der Waals surface area (Å²) in [5.41, 5.74) is 14.3. The van der Waals surface area contributed by atoms with Gasteiger partial charge in [-0.3, -0.25) is 4.98 Å². The molecule has 0 aliphatic heterocycles. The molecular formula is C12H11FN4. The highest BCUT2D eigenvalue weighted by Crippen LogP contribution is 2.30. The van der Waals surface area contributed by atoms with Gasteiger partial charge in [-0.15, -0.1) is 0 Å². The van der Waals surface area contributed by atoms with Crippen molar-refractivity contribution in [2.75, 3.05) is 5.73 Å². The molecule has 4 nitrogen and oxygen atoms in total. The number of nitrogens with zero attached hydrogens (tertiary/aromatic N) is 2. The number of nitrogens with one attached hydrogen (secondary N) is 1. The van der Waals surface area contributed by atoms with Crippen molar-refractivity contribution in [2.45, 2.75) is 6.04 Å². The lowest BCUT2D eigenvalue weighted by Gasteiger charge is -2.13. The van der Waals surface area contributed by atoms with Crippen LogP contribution in [0.15, 0.2) is 47.8 Å². The summed E-state index contributed by atoms with van der Waals surface area (Å²) in [7, 11) is 0. The fraction of sp³-hybridized carbons (Fsp3) is 0.0833. The highest BCUT2D eigenvalue weighted by Gasteiger charge is 2.19. The van der Waals surface area contributed by atoms with Crippen LogP contribution in [0.4, 0.5) is 10.1 Å². The maximum atomic E-state index is 13.6. The van der Waals surface area contributed by atoms with Gasteiger partial charge < -0.3 is 5.73 Å². The normalized spacial score (nSPS) is 12.1. The van der Waals surface area contributed by atoms with Gasteiger partial charge in [0.05, 0.1) is 0 Å². The average molecular weight is 230 g/mol. The quantitative estimate of drug-likeness (QED) is 0.795. The van der Waals surface area contributed by atoms with Crippen molar-refractivity contribution in [3.63, 3.8) is 0 Å². The molecule has 0 fully saturated rings. The third kappa shape index (κ3) is 2.13. The fourth-order valence-corrected chi connectivity index (χ4v) is 1.65. The van der Waals surface area contributed by atoms with Crippen molar-refractivity contribution in [1.29, 1.82) is 5.53 Å². The summed E-state index contributed by atoms with van der Waals surface area (Å²) in [6.45, 7) is 0. The minimum absolute atomic E-state index is 0.321. The second-order valence-corrected chi connectivity index (χ2v) is 3.56. The Bertz CT molecular complexity index is 496. The van der Waals surface area contributed by atoms with Crippen molar-refractivity contribution in [3.05, 3.63) is 59.7 Å². The molecular weight excluding hydrogens is 219 g/mol. The second-order valence-electron chi connectivity index (χ2n) is 3.56. The standard InChI is InChI=1S/C12H11FN4/c13-10-4-2-1-3-8(10)12(17-15)9-7-16-6-5-11(9)14/h1-7,12,15H,(H2,14,16). The molecule has 1 atom stereocenters. The highest BCUT2D eigenvalue weighted by molar-refractivity contribution is 5.49. The van der Waals surface area contributed by atoms with E-state index in [0.29, 0.717) is 16.8 Å². The molecule has 0 saturated heterocycles. The number of halogens is 1. The SMILES string of the molecule is N=NC(c1cnccc1N)c1ccccc1F. The van der Waals surface area contributed by atoms with Gasteiger partial charge in [0.15, 0.2) is 0 Å². The van der Waals surface area contributed by atoms with Crippen LogP contribution in [-0.4, -0.2) is 4.98 Å². The van der Waals surface area contributed by atoms with Crippen LogP contribution in [0, 0.1) is 11.3 Å². The molecule has 2 aromatic rings. The summed E-state index contributed by atoms with van der Waals surface area (Å²) >= 11 is 0. The van der Waals surface area contributed by atoms with Gasteiger partial charge in [-0.2, -0.15) is 5.11 Å². The van der Waals surface area contributed by atoms with Crippen LogP contribution in [0.25, 0.3) is 0 Å². The summed E-state index contributed by atoms with van der Waals surface area (Å²) in [5, 5.41) is 3.44. The first-order valence-corrected chi connectivity index (χ1v) is 5.04. The molecule has 0 radical (unpaired) electrons. The summed E-state index contributed by atoms with van der Waals surface area (Å²) in [4.78, 5) is 3.92. The summed E-state index contributed by atoms with van der Waals surface area (Å²) in [5.74, 6) is -0.406. The zero-order chi connectivity index (χ0) is 12.3. The third-order valence-corrected chi connectivity index (χ3v) is 2.51. The molecule has 1 heterocycles.